The van der Waals surface area contributed by atoms with Crippen LogP contribution < -0.4 is 0 Å². The maximum Gasteiger partial charge on any atom is 0.202 e. The first kappa shape index (κ1) is 12.8. The summed E-state index contributed by atoms with van der Waals surface area (Å²) in [5, 5.41) is 21.4. The molecule has 5 heteroatoms. The van der Waals surface area contributed by atoms with Crippen LogP contribution in [-0.4, -0.2) is 14.8 Å². The van der Waals surface area contributed by atoms with Crippen molar-refractivity contribution < 1.29 is 14.6 Å². The Morgan fingerprint density at radius 3 is 2.18 bits per heavy atom. The molecule has 2 aromatic rings. The molecule has 4 aliphatic carbocycles. The first-order valence-electron chi connectivity index (χ1n) is 7.69. The lowest BCUT2D eigenvalue weighted by molar-refractivity contribution is 0.322. The Labute approximate surface area is 132 Å². The molecule has 4 atom stereocenters. The van der Waals surface area contributed by atoms with E-state index in [1.165, 1.54) is 29.2 Å². The maximum atomic E-state index is 13.4. The molecule has 0 unspecified atom stereocenters. The Hall–Kier alpha value is -1.68. The van der Waals surface area contributed by atoms with Gasteiger partial charge in [0.25, 0.3) is 0 Å². The molecule has 3 nitrogen and oxygen atoms in total. The highest BCUT2D eigenvalue weighted by atomic mass is 35.5. The highest BCUT2D eigenvalue weighted by Crippen LogP contribution is 2.70. The summed E-state index contributed by atoms with van der Waals surface area (Å²) < 4.78 is 14.8. The molecular formula is C17H15ClFNO2. The first-order valence-corrected chi connectivity index (χ1v) is 8.07. The van der Waals surface area contributed by atoms with Crippen molar-refractivity contribution in [3.8, 4) is 17.4 Å². The second-order valence-electron chi connectivity index (χ2n) is 6.76. The lowest BCUT2D eigenvalue weighted by Gasteiger charge is -2.35. The van der Waals surface area contributed by atoms with Crippen LogP contribution in [0.4, 0.5) is 4.39 Å². The Balaban J connectivity index is 1.74. The molecular weight excluding hydrogens is 305 g/mol. The van der Waals surface area contributed by atoms with E-state index >= 15 is 0 Å². The number of aromatic nitrogens is 1. The van der Waals surface area contributed by atoms with Gasteiger partial charge in [0.2, 0.25) is 11.8 Å². The lowest BCUT2D eigenvalue weighted by atomic mass is 9.68. The monoisotopic (exact) mass is 319 g/mol. The minimum Gasteiger partial charge on any atom is -0.494 e. The standard InChI is InChI=1S/C17H15ClFNO2/c18-12-5-7(1-4-13(12)19)20-16(21)14-8-2-3-9(11-6-10(8)11)15(14)17(20)22/h1,4-5,8-11,21-22H,2-3,6H2/t8-,9+,10+,11-. The van der Waals surface area contributed by atoms with Crippen molar-refractivity contribution >= 4 is 11.6 Å². The van der Waals surface area contributed by atoms with Gasteiger partial charge in [-0.3, -0.25) is 4.57 Å². The van der Waals surface area contributed by atoms with Gasteiger partial charge in [0.1, 0.15) is 5.82 Å². The normalized spacial score (nSPS) is 31.0. The maximum absolute atomic E-state index is 13.4. The summed E-state index contributed by atoms with van der Waals surface area (Å²) in [6.07, 6.45) is 3.38. The minimum atomic E-state index is -0.511. The van der Waals surface area contributed by atoms with E-state index in [-0.39, 0.29) is 16.8 Å². The third kappa shape index (κ3) is 1.42. The van der Waals surface area contributed by atoms with Gasteiger partial charge in [-0.15, -0.1) is 0 Å². The highest BCUT2D eigenvalue weighted by Gasteiger charge is 2.58. The fourth-order valence-electron chi connectivity index (χ4n) is 4.85. The van der Waals surface area contributed by atoms with Crippen molar-refractivity contribution in [2.45, 2.75) is 31.1 Å². The minimum absolute atomic E-state index is 0.0196. The molecule has 0 spiro atoms. The average Bonchev–Trinajstić information content (AvgIpc) is 3.28. The average molecular weight is 320 g/mol. The smallest absolute Gasteiger partial charge is 0.202 e. The second kappa shape index (κ2) is 3.99. The number of nitrogens with zero attached hydrogens (tertiary/aromatic N) is 1. The van der Waals surface area contributed by atoms with E-state index in [1.54, 1.807) is 0 Å². The Bertz CT molecular complexity index is 776. The van der Waals surface area contributed by atoms with Gasteiger partial charge in [-0.2, -0.15) is 0 Å². The van der Waals surface area contributed by atoms with E-state index in [2.05, 4.69) is 0 Å². The zero-order chi connectivity index (χ0) is 15.2. The van der Waals surface area contributed by atoms with Gasteiger partial charge in [0, 0.05) is 11.1 Å². The molecule has 22 heavy (non-hydrogen) atoms. The van der Waals surface area contributed by atoms with Crippen LogP contribution in [0.2, 0.25) is 5.02 Å². The highest BCUT2D eigenvalue weighted by molar-refractivity contribution is 6.30. The Kier molecular flexibility index (Phi) is 2.32. The number of rotatable bonds is 1. The van der Waals surface area contributed by atoms with E-state index in [1.807, 2.05) is 0 Å². The number of hydrogen-bond acceptors (Lipinski definition) is 2. The molecule has 1 aromatic heterocycles. The predicted molar refractivity (Wildman–Crippen MR) is 80.4 cm³/mol. The van der Waals surface area contributed by atoms with Crippen LogP contribution in [0.15, 0.2) is 18.2 Å². The fourth-order valence-corrected chi connectivity index (χ4v) is 5.02. The molecule has 2 N–H and O–H groups in total. The number of aromatic hydroxyl groups is 2. The van der Waals surface area contributed by atoms with Gasteiger partial charge in [0.15, 0.2) is 0 Å². The second-order valence-corrected chi connectivity index (χ2v) is 7.17. The van der Waals surface area contributed by atoms with Gasteiger partial charge in [0.05, 0.1) is 10.7 Å². The summed E-state index contributed by atoms with van der Waals surface area (Å²) in [5.74, 6) is 1.72. The van der Waals surface area contributed by atoms with Crippen molar-refractivity contribution in [1.29, 1.82) is 0 Å². The van der Waals surface area contributed by atoms with Crippen LogP contribution >= 0.6 is 11.6 Å². The molecule has 4 aliphatic rings. The van der Waals surface area contributed by atoms with E-state index < -0.39 is 5.82 Å². The molecule has 0 radical (unpaired) electrons. The molecule has 2 fully saturated rings. The van der Waals surface area contributed by atoms with Crippen LogP contribution in [0.3, 0.4) is 0 Å². The molecule has 0 saturated heterocycles. The van der Waals surface area contributed by atoms with Crippen LogP contribution in [-0.2, 0) is 0 Å². The van der Waals surface area contributed by atoms with E-state index in [9.17, 15) is 14.6 Å². The third-order valence-electron chi connectivity index (χ3n) is 5.81. The van der Waals surface area contributed by atoms with E-state index in [0.29, 0.717) is 29.4 Å². The SMILES string of the molecule is Oc1c2c(c(O)n1-c1ccc(F)c(Cl)c1)[C@@H]1CC[C@H]2[C@H]2C[C@H]21. The summed E-state index contributed by atoms with van der Waals surface area (Å²) in [6.45, 7) is 0. The van der Waals surface area contributed by atoms with Crippen molar-refractivity contribution in [3.63, 3.8) is 0 Å². The van der Waals surface area contributed by atoms with Gasteiger partial charge in [-0.05, 0) is 61.1 Å². The van der Waals surface area contributed by atoms with Crippen molar-refractivity contribution in [1.82, 2.24) is 4.57 Å². The summed E-state index contributed by atoms with van der Waals surface area (Å²) in [5.41, 5.74) is 2.31. The topological polar surface area (TPSA) is 45.4 Å². The lowest BCUT2D eigenvalue weighted by Crippen LogP contribution is -2.22. The van der Waals surface area contributed by atoms with Crippen LogP contribution in [0.5, 0.6) is 11.8 Å². The fraction of sp³-hybridized carbons (Fsp3) is 0.412. The molecule has 2 bridgehead atoms. The van der Waals surface area contributed by atoms with Gasteiger partial charge >= 0.3 is 0 Å². The number of benzene rings is 1. The third-order valence-corrected chi connectivity index (χ3v) is 6.10. The summed E-state index contributed by atoms with van der Waals surface area (Å²) in [7, 11) is 0. The van der Waals surface area contributed by atoms with Crippen LogP contribution in [0.25, 0.3) is 5.69 Å². The summed E-state index contributed by atoms with van der Waals surface area (Å²) in [6, 6.07) is 4.21. The molecule has 0 amide bonds. The van der Waals surface area contributed by atoms with Gasteiger partial charge in [-0.1, -0.05) is 11.6 Å². The van der Waals surface area contributed by atoms with Crippen molar-refractivity contribution in [3.05, 3.63) is 40.2 Å². The molecule has 6 rings (SSSR count). The molecule has 0 aliphatic heterocycles. The Morgan fingerprint density at radius 2 is 1.64 bits per heavy atom. The molecule has 1 heterocycles. The Morgan fingerprint density at radius 1 is 1.05 bits per heavy atom. The number of hydrogen-bond donors (Lipinski definition) is 2. The molecule has 2 saturated carbocycles. The van der Waals surface area contributed by atoms with E-state index in [4.69, 9.17) is 11.6 Å². The summed E-state index contributed by atoms with van der Waals surface area (Å²) >= 11 is 5.84. The zero-order valence-electron chi connectivity index (χ0n) is 11.8. The van der Waals surface area contributed by atoms with Crippen LogP contribution in [0.1, 0.15) is 42.2 Å². The largest absolute Gasteiger partial charge is 0.494 e. The quantitative estimate of drug-likeness (QED) is 0.823. The number of halogens is 2. The molecule has 1 aromatic carbocycles. The van der Waals surface area contributed by atoms with Crippen molar-refractivity contribution in [2.24, 2.45) is 11.8 Å². The molecule has 114 valence electrons. The first-order chi connectivity index (χ1) is 10.6. The van der Waals surface area contributed by atoms with Gasteiger partial charge in [-0.25, -0.2) is 4.39 Å². The van der Waals surface area contributed by atoms with E-state index in [0.717, 1.165) is 24.0 Å². The number of fused-ring (bicyclic) bond motifs is 1. The zero-order valence-corrected chi connectivity index (χ0v) is 12.5. The van der Waals surface area contributed by atoms with Crippen molar-refractivity contribution in [2.75, 3.05) is 0 Å². The summed E-state index contributed by atoms with van der Waals surface area (Å²) in [4.78, 5) is 0. The predicted octanol–water partition coefficient (Wildman–Crippen LogP) is 4.29. The van der Waals surface area contributed by atoms with Crippen LogP contribution in [0, 0.1) is 17.7 Å². The van der Waals surface area contributed by atoms with Gasteiger partial charge < -0.3 is 10.2 Å².